The second-order valence-electron chi connectivity index (χ2n) is 15.5. The van der Waals surface area contributed by atoms with Crippen LogP contribution >= 0.6 is 0 Å². The average Bonchev–Trinajstić information content (AvgIpc) is 3.19. The first-order valence-corrected chi connectivity index (χ1v) is 24.8. The minimum absolute atomic E-state index is 0. The molecule has 0 heterocycles. The quantitative estimate of drug-likeness (QED) is 0.0317. The second-order valence-corrected chi connectivity index (χ2v) is 18.3. The van der Waals surface area contributed by atoms with Gasteiger partial charge in [0, 0.05) is 6.07 Å². The van der Waals surface area contributed by atoms with E-state index in [1.807, 2.05) is 36.4 Å². The van der Waals surface area contributed by atoms with Crippen LogP contribution in [0.3, 0.4) is 0 Å². The maximum atomic E-state index is 11.6. The van der Waals surface area contributed by atoms with E-state index in [9.17, 15) is 36.2 Å². The van der Waals surface area contributed by atoms with Crippen LogP contribution in [0.4, 0.5) is 0 Å². The third-order valence-electron chi connectivity index (χ3n) is 10.3. The number of aryl methyl sites for hydroxylation is 2. The summed E-state index contributed by atoms with van der Waals surface area (Å²) in [6, 6.07) is 21.3. The number of hydrogen-bond donors (Lipinski definition) is 2. The van der Waals surface area contributed by atoms with E-state index in [1.54, 1.807) is 12.1 Å². The number of ether oxygens (including phenoxy) is 2. The monoisotopic (exact) mass is 906 g/mol. The number of hydrogen-bond acceptors (Lipinski definition) is 9. The first-order chi connectivity index (χ1) is 28.8. The molecule has 4 rings (SSSR count). The van der Waals surface area contributed by atoms with Gasteiger partial charge in [0.2, 0.25) is 0 Å². The van der Waals surface area contributed by atoms with Crippen LogP contribution in [0, 0.1) is 0 Å². The Hall–Kier alpha value is -2.84. The molecule has 13 heteroatoms. The number of aromatic hydroxyl groups is 1. The summed E-state index contributed by atoms with van der Waals surface area (Å²) >= 11 is 0. The van der Waals surface area contributed by atoms with Gasteiger partial charge in [0.1, 0.15) is 38.0 Å². The minimum atomic E-state index is -4.73. The van der Waals surface area contributed by atoms with E-state index in [0.717, 1.165) is 61.1 Å². The minimum Gasteiger partial charge on any atom is -0.872 e. The average molecular weight is 907 g/mol. The molecule has 0 bridgehead atoms. The van der Waals surface area contributed by atoms with Crippen molar-refractivity contribution in [3.05, 3.63) is 96.1 Å². The van der Waals surface area contributed by atoms with Crippen molar-refractivity contribution in [2.45, 2.75) is 165 Å². The van der Waals surface area contributed by atoms with E-state index < -0.39 is 30.9 Å². The molecule has 10 nitrogen and oxygen atoms in total. The zero-order valence-electron chi connectivity index (χ0n) is 36.3. The molecule has 0 saturated carbocycles. The maximum Gasteiger partial charge on any atom is 2.00 e. The van der Waals surface area contributed by atoms with Gasteiger partial charge in [-0.3, -0.25) is 4.55 Å². The number of unbranched alkanes of at least 4 members (excludes halogenated alkanes) is 18. The Morgan fingerprint density at radius 1 is 0.508 bits per heavy atom. The fourth-order valence-corrected chi connectivity index (χ4v) is 8.16. The van der Waals surface area contributed by atoms with Gasteiger partial charge < -0.3 is 24.2 Å². The van der Waals surface area contributed by atoms with Crippen LogP contribution in [0.1, 0.15) is 153 Å². The molecule has 2 N–H and O–H groups in total. The van der Waals surface area contributed by atoms with Crippen molar-refractivity contribution in [2.75, 3.05) is 0 Å². The second kappa shape index (κ2) is 30.3. The van der Waals surface area contributed by atoms with Gasteiger partial charge in [-0.2, -0.15) is 8.42 Å². The standard InChI is InChI=1S/2C24H34O5S.Ca/c2*1-2-3-4-5-6-7-8-9-10-11-13-20-14-12-15-22(18-20)29-23-19-21(25)16-17-24(23)30(26,27)28;/h2*12,14-19,25H,2-11,13H2,1H3,(H,26,27,28);/q;;+2/p-2. The van der Waals surface area contributed by atoms with Crippen LogP contribution in [0.5, 0.6) is 34.5 Å². The van der Waals surface area contributed by atoms with Gasteiger partial charge in [0.15, 0.2) is 5.75 Å². The van der Waals surface area contributed by atoms with Gasteiger partial charge in [0.25, 0.3) is 10.1 Å². The summed E-state index contributed by atoms with van der Waals surface area (Å²) < 4.78 is 77.9. The summed E-state index contributed by atoms with van der Waals surface area (Å²) in [5.41, 5.74) is 2.19. The largest absolute Gasteiger partial charge is 2.00 e. The van der Waals surface area contributed by atoms with Gasteiger partial charge in [-0.05, 0) is 85.3 Å². The molecule has 0 saturated heterocycles. The molecule has 4 aromatic rings. The molecule has 0 amide bonds. The molecular formula is C48H66CaO10S2. The Morgan fingerprint density at radius 3 is 1.31 bits per heavy atom. The molecule has 4 aromatic carbocycles. The summed E-state index contributed by atoms with van der Waals surface area (Å²) in [6.07, 6.45) is 27.5. The fraction of sp³-hybridized carbons (Fsp3) is 0.500. The molecule has 0 aliphatic carbocycles. The first kappa shape index (κ1) is 54.3. The smallest absolute Gasteiger partial charge is 0.872 e. The van der Waals surface area contributed by atoms with Crippen molar-refractivity contribution >= 4 is 58.0 Å². The Labute approximate surface area is 396 Å². The van der Waals surface area contributed by atoms with E-state index in [1.165, 1.54) is 128 Å². The van der Waals surface area contributed by atoms with Crippen molar-refractivity contribution in [3.8, 4) is 34.5 Å². The van der Waals surface area contributed by atoms with E-state index >= 15 is 0 Å². The van der Waals surface area contributed by atoms with E-state index in [-0.39, 0.29) is 59.9 Å². The van der Waals surface area contributed by atoms with Crippen LogP contribution in [0.15, 0.2) is 94.7 Å². The Balaban J connectivity index is 0.000000413. The predicted molar refractivity (Wildman–Crippen MR) is 242 cm³/mol. The third kappa shape index (κ3) is 22.9. The maximum absolute atomic E-state index is 11.6. The SMILES string of the molecule is CCCCCCCCCCCCc1cccc(Oc2cc(O)ccc2S(=O)(=O)O)c1.CCCCCCCCCCCCc1cccc(Oc2cc([O-])ccc2S(=O)(=O)[O-])c1.[Ca+2]. The number of phenols is 1. The van der Waals surface area contributed by atoms with Crippen molar-refractivity contribution in [3.63, 3.8) is 0 Å². The fourth-order valence-electron chi connectivity index (χ4n) is 6.98. The molecule has 0 aliphatic heterocycles. The van der Waals surface area contributed by atoms with Gasteiger partial charge in [-0.1, -0.05) is 160 Å². The van der Waals surface area contributed by atoms with Crippen LogP contribution < -0.4 is 14.6 Å². The van der Waals surface area contributed by atoms with Crippen molar-refractivity contribution in [1.29, 1.82) is 0 Å². The first-order valence-electron chi connectivity index (χ1n) is 21.9. The molecule has 0 spiro atoms. The van der Waals surface area contributed by atoms with E-state index in [4.69, 9.17) is 9.47 Å². The zero-order valence-corrected chi connectivity index (χ0v) is 40.2. The van der Waals surface area contributed by atoms with Crippen LogP contribution in [-0.2, 0) is 33.1 Å². The molecule has 0 atom stereocenters. The summed E-state index contributed by atoms with van der Waals surface area (Å²) in [4.78, 5) is -0.900. The zero-order chi connectivity index (χ0) is 43.6. The van der Waals surface area contributed by atoms with Crippen LogP contribution in [0.2, 0.25) is 0 Å². The topological polar surface area (TPSA) is 173 Å². The molecule has 0 fully saturated rings. The summed E-state index contributed by atoms with van der Waals surface area (Å²) in [6.45, 7) is 4.48. The number of benzene rings is 4. The molecule has 0 aromatic heterocycles. The number of phenolic OH excluding ortho intramolecular Hbond substituents is 1. The summed E-state index contributed by atoms with van der Waals surface area (Å²) in [5, 5.41) is 21.2. The third-order valence-corrected chi connectivity index (χ3v) is 12.0. The van der Waals surface area contributed by atoms with Gasteiger partial charge in [-0.25, -0.2) is 8.42 Å². The molecule has 0 unspecified atom stereocenters. The summed E-state index contributed by atoms with van der Waals surface area (Å²) in [7, 11) is -9.18. The van der Waals surface area contributed by atoms with Crippen molar-refractivity contribution in [2.24, 2.45) is 0 Å². The van der Waals surface area contributed by atoms with Crippen molar-refractivity contribution < 1.29 is 45.6 Å². The molecule has 332 valence electrons. The van der Waals surface area contributed by atoms with Gasteiger partial charge in [0.05, 0.1) is 4.90 Å². The van der Waals surface area contributed by atoms with Crippen LogP contribution in [-0.4, -0.2) is 68.8 Å². The van der Waals surface area contributed by atoms with E-state index in [2.05, 4.69) is 13.8 Å². The molecule has 61 heavy (non-hydrogen) atoms. The molecular weight excluding hydrogens is 841 g/mol. The van der Waals surface area contributed by atoms with E-state index in [0.29, 0.717) is 11.5 Å². The normalized spacial score (nSPS) is 11.3. The number of rotatable bonds is 28. The Bertz CT molecular complexity index is 1910. The molecule has 0 aliphatic rings. The van der Waals surface area contributed by atoms with Gasteiger partial charge in [-0.15, -0.1) is 5.75 Å². The summed E-state index contributed by atoms with van der Waals surface area (Å²) in [5.74, 6) is -0.00910. The Kier molecular flexibility index (Phi) is 27.0. The van der Waals surface area contributed by atoms with Crippen molar-refractivity contribution in [1.82, 2.24) is 0 Å². The Morgan fingerprint density at radius 2 is 0.902 bits per heavy atom. The van der Waals surface area contributed by atoms with Crippen LogP contribution in [0.25, 0.3) is 0 Å². The van der Waals surface area contributed by atoms with Gasteiger partial charge >= 0.3 is 37.7 Å². The predicted octanol–water partition coefficient (Wildman–Crippen LogP) is 12.4. The molecule has 0 radical (unpaired) electrons.